The minimum Gasteiger partial charge on any atom is -0.431 e. The molecule has 2 rings (SSSR count). The van der Waals surface area contributed by atoms with Crippen molar-refractivity contribution in [3.8, 4) is 0 Å². The van der Waals surface area contributed by atoms with Crippen LogP contribution < -0.4 is 5.32 Å². The Morgan fingerprint density at radius 3 is 2.90 bits per heavy atom. The molecule has 2 aromatic rings. The number of rotatable bonds is 7. The molecule has 0 saturated heterocycles. The fourth-order valence-corrected chi connectivity index (χ4v) is 2.45. The number of aliphatic hydroxyl groups is 1. The molecule has 0 bridgehead atoms. The number of aromatic nitrogens is 1. The zero-order chi connectivity index (χ0) is 15.2. The smallest absolute Gasteiger partial charge is 0.257 e. The van der Waals surface area contributed by atoms with Crippen LogP contribution in [0.3, 0.4) is 0 Å². The number of hydrogen-bond donors (Lipinski definition) is 2. The van der Waals surface area contributed by atoms with Crippen molar-refractivity contribution in [1.29, 1.82) is 0 Å². The summed E-state index contributed by atoms with van der Waals surface area (Å²) in [5.41, 5.74) is 1.51. The van der Waals surface area contributed by atoms with Gasteiger partial charge in [-0.2, -0.15) is 0 Å². The van der Waals surface area contributed by atoms with Crippen molar-refractivity contribution < 1.29 is 14.3 Å². The summed E-state index contributed by atoms with van der Waals surface area (Å²) in [7, 11) is 0. The van der Waals surface area contributed by atoms with Crippen molar-refractivity contribution in [1.82, 2.24) is 10.3 Å². The largest absolute Gasteiger partial charge is 0.431 e. The van der Waals surface area contributed by atoms with Crippen LogP contribution >= 0.6 is 11.8 Å². The SMILES string of the molecule is CC(C)C(O)CCNC(=O)CSc1nc2ccccc2o1. The molecule has 0 aliphatic heterocycles. The molecular formula is C15H20N2O3S. The lowest BCUT2D eigenvalue weighted by Gasteiger charge is -2.14. The highest BCUT2D eigenvalue weighted by Crippen LogP contribution is 2.22. The van der Waals surface area contributed by atoms with E-state index < -0.39 is 0 Å². The summed E-state index contributed by atoms with van der Waals surface area (Å²) in [6.07, 6.45) is 0.187. The highest BCUT2D eigenvalue weighted by Gasteiger charge is 2.11. The summed E-state index contributed by atoms with van der Waals surface area (Å²) in [5, 5.41) is 12.9. The highest BCUT2D eigenvalue weighted by atomic mass is 32.2. The van der Waals surface area contributed by atoms with Gasteiger partial charge in [-0.3, -0.25) is 4.79 Å². The molecule has 2 N–H and O–H groups in total. The summed E-state index contributed by atoms with van der Waals surface area (Å²) in [5.74, 6) is 0.374. The van der Waals surface area contributed by atoms with Crippen molar-refractivity contribution >= 4 is 28.8 Å². The first kappa shape index (κ1) is 15.9. The van der Waals surface area contributed by atoms with Gasteiger partial charge in [0.05, 0.1) is 11.9 Å². The van der Waals surface area contributed by atoms with Gasteiger partial charge in [-0.1, -0.05) is 37.7 Å². The maximum atomic E-state index is 11.7. The molecule has 1 atom stereocenters. The summed E-state index contributed by atoms with van der Waals surface area (Å²) in [6.45, 7) is 4.39. The molecule has 1 amide bonds. The second-order valence-corrected chi connectivity index (χ2v) is 6.11. The maximum absolute atomic E-state index is 11.7. The molecule has 0 fully saturated rings. The first-order valence-electron chi connectivity index (χ1n) is 6.99. The molecule has 0 saturated carbocycles. The quantitative estimate of drug-likeness (QED) is 0.768. The molecule has 1 heterocycles. The van der Waals surface area contributed by atoms with E-state index in [9.17, 15) is 9.90 Å². The lowest BCUT2D eigenvalue weighted by Crippen LogP contribution is -2.29. The third kappa shape index (κ3) is 4.75. The Morgan fingerprint density at radius 2 is 2.19 bits per heavy atom. The van der Waals surface area contributed by atoms with Crippen LogP contribution in [0.5, 0.6) is 0 Å². The molecule has 6 heteroatoms. The van der Waals surface area contributed by atoms with Gasteiger partial charge >= 0.3 is 0 Å². The van der Waals surface area contributed by atoms with Gasteiger partial charge in [0, 0.05) is 6.54 Å². The Morgan fingerprint density at radius 1 is 1.43 bits per heavy atom. The molecule has 1 aromatic carbocycles. The van der Waals surface area contributed by atoms with Gasteiger partial charge in [-0.05, 0) is 24.5 Å². The number of carbonyl (C=O) groups excluding carboxylic acids is 1. The van der Waals surface area contributed by atoms with E-state index in [-0.39, 0.29) is 23.7 Å². The predicted octanol–water partition coefficient (Wildman–Crippen LogP) is 2.44. The molecule has 21 heavy (non-hydrogen) atoms. The monoisotopic (exact) mass is 308 g/mol. The second-order valence-electron chi connectivity index (χ2n) is 5.19. The van der Waals surface area contributed by atoms with Crippen LogP contribution in [0.4, 0.5) is 0 Å². The van der Waals surface area contributed by atoms with E-state index in [0.717, 1.165) is 11.1 Å². The first-order chi connectivity index (χ1) is 10.1. The van der Waals surface area contributed by atoms with E-state index in [1.807, 2.05) is 38.1 Å². The van der Waals surface area contributed by atoms with E-state index >= 15 is 0 Å². The van der Waals surface area contributed by atoms with Crippen molar-refractivity contribution in [2.45, 2.75) is 31.6 Å². The zero-order valence-electron chi connectivity index (χ0n) is 12.2. The van der Waals surface area contributed by atoms with E-state index in [4.69, 9.17) is 4.42 Å². The number of nitrogens with one attached hydrogen (secondary N) is 1. The third-order valence-corrected chi connectivity index (χ3v) is 3.96. The number of aliphatic hydroxyl groups excluding tert-OH is 1. The van der Waals surface area contributed by atoms with Gasteiger partial charge in [0.15, 0.2) is 5.58 Å². The number of carbonyl (C=O) groups is 1. The van der Waals surface area contributed by atoms with Crippen molar-refractivity contribution in [2.24, 2.45) is 5.92 Å². The van der Waals surface area contributed by atoms with Crippen LogP contribution in [-0.4, -0.2) is 34.4 Å². The molecule has 0 aliphatic rings. The molecule has 114 valence electrons. The first-order valence-corrected chi connectivity index (χ1v) is 7.98. The van der Waals surface area contributed by atoms with Gasteiger partial charge in [0.1, 0.15) is 5.52 Å². The van der Waals surface area contributed by atoms with E-state index in [2.05, 4.69) is 10.3 Å². The lowest BCUT2D eigenvalue weighted by molar-refractivity contribution is -0.118. The number of benzene rings is 1. The van der Waals surface area contributed by atoms with Crippen LogP contribution in [0.2, 0.25) is 0 Å². The lowest BCUT2D eigenvalue weighted by atomic mass is 10.0. The van der Waals surface area contributed by atoms with Crippen molar-refractivity contribution in [2.75, 3.05) is 12.3 Å². The van der Waals surface area contributed by atoms with Crippen LogP contribution in [0.25, 0.3) is 11.1 Å². The number of thioether (sulfide) groups is 1. The Kier molecular flexibility index (Phi) is 5.64. The minimum atomic E-state index is -0.380. The Balaban J connectivity index is 1.73. The minimum absolute atomic E-state index is 0.0850. The normalized spacial score (nSPS) is 12.8. The van der Waals surface area contributed by atoms with Gasteiger partial charge in [-0.15, -0.1) is 0 Å². The Labute approximate surface area is 128 Å². The average molecular weight is 308 g/mol. The van der Waals surface area contributed by atoms with Gasteiger partial charge in [0.25, 0.3) is 5.22 Å². The standard InChI is InChI=1S/C15H20N2O3S/c1-10(2)12(18)7-8-16-14(19)9-21-15-17-11-5-3-4-6-13(11)20-15/h3-6,10,12,18H,7-9H2,1-2H3,(H,16,19). The summed E-state index contributed by atoms with van der Waals surface area (Å²) < 4.78 is 5.52. The molecule has 1 aromatic heterocycles. The third-order valence-electron chi connectivity index (χ3n) is 3.13. The van der Waals surface area contributed by atoms with Gasteiger partial charge in [0.2, 0.25) is 5.91 Å². The van der Waals surface area contributed by atoms with Crippen LogP contribution in [0.15, 0.2) is 33.9 Å². The van der Waals surface area contributed by atoms with Crippen LogP contribution in [0, 0.1) is 5.92 Å². The molecule has 0 radical (unpaired) electrons. The van der Waals surface area contributed by atoms with Crippen molar-refractivity contribution in [3.05, 3.63) is 24.3 Å². The predicted molar refractivity (Wildman–Crippen MR) is 83.2 cm³/mol. The van der Waals surface area contributed by atoms with Crippen LogP contribution in [0.1, 0.15) is 20.3 Å². The molecule has 0 spiro atoms. The fourth-order valence-electron chi connectivity index (χ4n) is 1.78. The number of amides is 1. The maximum Gasteiger partial charge on any atom is 0.257 e. The molecule has 5 nitrogen and oxygen atoms in total. The number of nitrogens with zero attached hydrogens (tertiary/aromatic N) is 1. The van der Waals surface area contributed by atoms with Crippen molar-refractivity contribution in [3.63, 3.8) is 0 Å². The van der Waals surface area contributed by atoms with E-state index in [1.165, 1.54) is 11.8 Å². The highest BCUT2D eigenvalue weighted by molar-refractivity contribution is 7.99. The van der Waals surface area contributed by atoms with E-state index in [0.29, 0.717) is 18.2 Å². The van der Waals surface area contributed by atoms with E-state index in [1.54, 1.807) is 0 Å². The number of para-hydroxylation sites is 2. The summed E-state index contributed by atoms with van der Waals surface area (Å²) in [6, 6.07) is 7.50. The number of hydrogen-bond acceptors (Lipinski definition) is 5. The fraction of sp³-hybridized carbons (Fsp3) is 0.467. The van der Waals surface area contributed by atoms with Gasteiger partial charge in [-0.25, -0.2) is 4.98 Å². The average Bonchev–Trinajstić information content (AvgIpc) is 2.87. The summed E-state index contributed by atoms with van der Waals surface area (Å²) >= 11 is 1.27. The topological polar surface area (TPSA) is 75.4 Å². The van der Waals surface area contributed by atoms with Gasteiger partial charge < -0.3 is 14.8 Å². The van der Waals surface area contributed by atoms with Crippen LogP contribution in [-0.2, 0) is 4.79 Å². The molecular weight excluding hydrogens is 288 g/mol. The Hall–Kier alpha value is -1.53. The zero-order valence-corrected chi connectivity index (χ0v) is 13.0. The molecule has 1 unspecified atom stereocenters. The summed E-state index contributed by atoms with van der Waals surface area (Å²) in [4.78, 5) is 16.0. The Bertz CT molecular complexity index is 564. The second kappa shape index (κ2) is 7.47. The number of fused-ring (bicyclic) bond motifs is 1. The number of oxazole rings is 1. The molecule has 0 aliphatic carbocycles.